The van der Waals surface area contributed by atoms with Gasteiger partial charge in [-0.1, -0.05) is 6.07 Å². The molecule has 0 unspecified atom stereocenters. The topological polar surface area (TPSA) is 92.5 Å². The number of hydrogen-bond acceptors (Lipinski definition) is 4. The first-order valence-corrected chi connectivity index (χ1v) is 8.47. The van der Waals surface area contributed by atoms with Gasteiger partial charge in [-0.05, 0) is 38.0 Å². The molecule has 0 spiro atoms. The van der Waals surface area contributed by atoms with Crippen molar-refractivity contribution in [2.75, 3.05) is 31.6 Å². The highest BCUT2D eigenvalue weighted by atomic mass is 32.2. The number of nitrogens with two attached hydrogens (primary N) is 1. The lowest BCUT2D eigenvalue weighted by atomic mass is 10.1. The maximum absolute atomic E-state index is 12.0. The standard InChI is InChI=1S/C14H23N3O3S/c1-4-21(19,20)17(3)9-5-8-16-14(18)13-10-12(15)7-6-11(13)2/h6-7,10H,4-5,8-9,15H2,1-3H3,(H,16,18). The van der Waals surface area contributed by atoms with Gasteiger partial charge in [0.15, 0.2) is 0 Å². The fourth-order valence-corrected chi connectivity index (χ4v) is 2.69. The number of amides is 1. The van der Waals surface area contributed by atoms with Crippen molar-refractivity contribution in [3.05, 3.63) is 29.3 Å². The van der Waals surface area contributed by atoms with E-state index < -0.39 is 10.0 Å². The molecule has 1 aromatic carbocycles. The van der Waals surface area contributed by atoms with E-state index in [1.54, 1.807) is 32.2 Å². The molecular formula is C14H23N3O3S. The second-order valence-electron chi connectivity index (χ2n) is 4.91. The third-order valence-electron chi connectivity index (χ3n) is 3.28. The maximum Gasteiger partial charge on any atom is 0.251 e. The van der Waals surface area contributed by atoms with Gasteiger partial charge in [-0.15, -0.1) is 0 Å². The number of carbonyl (C=O) groups is 1. The highest BCUT2D eigenvalue weighted by molar-refractivity contribution is 7.89. The summed E-state index contributed by atoms with van der Waals surface area (Å²) in [5.74, 6) is -0.112. The van der Waals surface area contributed by atoms with Crippen molar-refractivity contribution < 1.29 is 13.2 Å². The quantitative estimate of drug-likeness (QED) is 0.580. The van der Waals surface area contributed by atoms with Crippen LogP contribution in [-0.4, -0.2) is 44.5 Å². The SMILES string of the molecule is CCS(=O)(=O)N(C)CCCNC(=O)c1cc(N)ccc1C. The summed E-state index contributed by atoms with van der Waals surface area (Å²) < 4.78 is 24.4. The largest absolute Gasteiger partial charge is 0.399 e. The number of hydrogen-bond donors (Lipinski definition) is 2. The number of benzene rings is 1. The Kier molecular flexibility index (Phi) is 6.17. The lowest BCUT2D eigenvalue weighted by Crippen LogP contribution is -2.32. The molecule has 118 valence electrons. The molecule has 7 heteroatoms. The summed E-state index contributed by atoms with van der Waals surface area (Å²) in [6, 6.07) is 5.18. The summed E-state index contributed by atoms with van der Waals surface area (Å²) in [7, 11) is -1.61. The van der Waals surface area contributed by atoms with E-state index >= 15 is 0 Å². The predicted octanol–water partition coefficient (Wildman–Crippen LogP) is 0.979. The number of sulfonamides is 1. The second kappa shape index (κ2) is 7.42. The maximum atomic E-state index is 12.0. The first-order valence-electron chi connectivity index (χ1n) is 6.86. The Hall–Kier alpha value is -1.60. The van der Waals surface area contributed by atoms with Crippen molar-refractivity contribution in [2.24, 2.45) is 0 Å². The van der Waals surface area contributed by atoms with Crippen LogP contribution in [0.5, 0.6) is 0 Å². The number of rotatable bonds is 7. The molecule has 1 amide bonds. The number of carbonyl (C=O) groups excluding carboxylic acids is 1. The van der Waals surface area contributed by atoms with Crippen molar-refractivity contribution in [3.63, 3.8) is 0 Å². The molecule has 0 heterocycles. The average Bonchev–Trinajstić information content (AvgIpc) is 2.45. The Morgan fingerprint density at radius 1 is 1.38 bits per heavy atom. The highest BCUT2D eigenvalue weighted by Crippen LogP contribution is 2.12. The number of anilines is 1. The first kappa shape index (κ1) is 17.5. The Labute approximate surface area is 126 Å². The van der Waals surface area contributed by atoms with E-state index in [4.69, 9.17) is 5.73 Å². The van der Waals surface area contributed by atoms with Gasteiger partial charge < -0.3 is 11.1 Å². The Morgan fingerprint density at radius 2 is 2.05 bits per heavy atom. The van der Waals surface area contributed by atoms with E-state index in [0.717, 1.165) is 5.56 Å². The Bertz CT molecular complexity index is 599. The van der Waals surface area contributed by atoms with Crippen LogP contribution in [-0.2, 0) is 10.0 Å². The minimum absolute atomic E-state index is 0.0817. The molecule has 1 rings (SSSR count). The highest BCUT2D eigenvalue weighted by Gasteiger charge is 2.14. The minimum atomic E-state index is -3.16. The van der Waals surface area contributed by atoms with Crippen LogP contribution in [0.4, 0.5) is 5.69 Å². The van der Waals surface area contributed by atoms with Crippen LogP contribution in [0.25, 0.3) is 0 Å². The zero-order chi connectivity index (χ0) is 16.0. The molecule has 0 saturated heterocycles. The summed E-state index contributed by atoms with van der Waals surface area (Å²) in [4.78, 5) is 12.0. The van der Waals surface area contributed by atoms with Gasteiger partial charge in [-0.3, -0.25) is 4.79 Å². The monoisotopic (exact) mass is 313 g/mol. The molecule has 0 radical (unpaired) electrons. The van der Waals surface area contributed by atoms with Crippen LogP contribution < -0.4 is 11.1 Å². The lowest BCUT2D eigenvalue weighted by molar-refractivity contribution is 0.0952. The molecule has 21 heavy (non-hydrogen) atoms. The van der Waals surface area contributed by atoms with Crippen molar-refractivity contribution in [1.29, 1.82) is 0 Å². The summed E-state index contributed by atoms with van der Waals surface area (Å²) in [6.45, 7) is 4.25. The van der Waals surface area contributed by atoms with Crippen LogP contribution in [0.2, 0.25) is 0 Å². The molecule has 0 fully saturated rings. The van der Waals surface area contributed by atoms with E-state index in [0.29, 0.717) is 30.8 Å². The van der Waals surface area contributed by atoms with Gasteiger partial charge >= 0.3 is 0 Å². The van der Waals surface area contributed by atoms with Crippen molar-refractivity contribution in [3.8, 4) is 0 Å². The first-order chi connectivity index (χ1) is 9.77. The van der Waals surface area contributed by atoms with Gasteiger partial charge in [-0.25, -0.2) is 12.7 Å². The molecule has 3 N–H and O–H groups in total. The third-order valence-corrected chi connectivity index (χ3v) is 5.14. The number of nitrogens with zero attached hydrogens (tertiary/aromatic N) is 1. The molecule has 0 saturated carbocycles. The van der Waals surface area contributed by atoms with Gasteiger partial charge in [0.1, 0.15) is 0 Å². The summed E-state index contributed by atoms with van der Waals surface area (Å²) in [5, 5.41) is 2.78. The lowest BCUT2D eigenvalue weighted by Gasteiger charge is -2.16. The summed E-state index contributed by atoms with van der Waals surface area (Å²) in [6.07, 6.45) is 0.558. The number of nitrogens with one attached hydrogen (secondary N) is 1. The fraction of sp³-hybridized carbons (Fsp3) is 0.500. The molecule has 0 aliphatic carbocycles. The van der Waals surface area contributed by atoms with Crippen molar-refractivity contribution in [2.45, 2.75) is 20.3 Å². The van der Waals surface area contributed by atoms with Crippen molar-refractivity contribution in [1.82, 2.24) is 9.62 Å². The van der Waals surface area contributed by atoms with Gasteiger partial charge in [0, 0.05) is 31.4 Å². The fourth-order valence-electron chi connectivity index (χ4n) is 1.84. The molecule has 1 aromatic rings. The average molecular weight is 313 g/mol. The molecule has 0 atom stereocenters. The third kappa shape index (κ3) is 5.02. The van der Waals surface area contributed by atoms with Crippen LogP contribution in [0.1, 0.15) is 29.3 Å². The molecule has 0 aliphatic heterocycles. The smallest absolute Gasteiger partial charge is 0.251 e. The van der Waals surface area contributed by atoms with E-state index in [1.807, 2.05) is 6.92 Å². The predicted molar refractivity (Wildman–Crippen MR) is 84.6 cm³/mol. The van der Waals surface area contributed by atoms with Gasteiger partial charge in [0.25, 0.3) is 5.91 Å². The second-order valence-corrected chi connectivity index (χ2v) is 7.27. The van der Waals surface area contributed by atoms with Crippen LogP contribution in [0.15, 0.2) is 18.2 Å². The van der Waals surface area contributed by atoms with Crippen LogP contribution in [0, 0.1) is 6.92 Å². The van der Waals surface area contributed by atoms with Gasteiger partial charge in [0.2, 0.25) is 10.0 Å². The van der Waals surface area contributed by atoms with Gasteiger partial charge in [-0.2, -0.15) is 0 Å². The van der Waals surface area contributed by atoms with Crippen LogP contribution >= 0.6 is 0 Å². The summed E-state index contributed by atoms with van der Waals surface area (Å²) >= 11 is 0. The van der Waals surface area contributed by atoms with E-state index in [9.17, 15) is 13.2 Å². The molecule has 0 aliphatic rings. The van der Waals surface area contributed by atoms with E-state index in [2.05, 4.69) is 5.32 Å². The molecule has 6 nitrogen and oxygen atoms in total. The molecule has 0 aromatic heterocycles. The van der Waals surface area contributed by atoms with Crippen LogP contribution in [0.3, 0.4) is 0 Å². The molecular weight excluding hydrogens is 290 g/mol. The van der Waals surface area contributed by atoms with E-state index in [-0.39, 0.29) is 11.7 Å². The van der Waals surface area contributed by atoms with Gasteiger partial charge in [0.05, 0.1) is 5.75 Å². The number of aryl methyl sites for hydroxylation is 1. The molecule has 0 bridgehead atoms. The summed E-state index contributed by atoms with van der Waals surface area (Å²) in [5.41, 5.74) is 7.61. The Morgan fingerprint density at radius 3 is 2.67 bits per heavy atom. The normalized spacial score (nSPS) is 11.6. The minimum Gasteiger partial charge on any atom is -0.399 e. The van der Waals surface area contributed by atoms with E-state index in [1.165, 1.54) is 4.31 Å². The van der Waals surface area contributed by atoms with Crippen molar-refractivity contribution >= 4 is 21.6 Å². The zero-order valence-corrected chi connectivity index (χ0v) is 13.5. The number of nitrogen functional groups attached to an aromatic ring is 1. The Balaban J connectivity index is 2.46. The zero-order valence-electron chi connectivity index (χ0n) is 12.7.